The molecule has 1 aromatic carbocycles. The first kappa shape index (κ1) is 18.3. The van der Waals surface area contributed by atoms with Crippen LogP contribution in [0.4, 0.5) is 0 Å². The predicted molar refractivity (Wildman–Crippen MR) is 99.9 cm³/mol. The van der Waals surface area contributed by atoms with Crippen molar-refractivity contribution < 1.29 is 13.9 Å². The van der Waals surface area contributed by atoms with Crippen LogP contribution in [0.15, 0.2) is 45.5 Å². The molecule has 1 atom stereocenters. The number of amides is 1. The number of hydrogen-bond acceptors (Lipinski definition) is 4. The van der Waals surface area contributed by atoms with E-state index in [2.05, 4.69) is 26.1 Å². The number of nitrogens with zero attached hydrogens (tertiary/aromatic N) is 1. The highest BCUT2D eigenvalue weighted by Crippen LogP contribution is 2.28. The number of carbonyl (C=O) groups excluding carboxylic acids is 1. The second-order valence-electron chi connectivity index (χ2n) is 5.94. The Balaban J connectivity index is 1.53. The summed E-state index contributed by atoms with van der Waals surface area (Å²) >= 11 is 9.27. The molecule has 1 fully saturated rings. The van der Waals surface area contributed by atoms with Crippen LogP contribution in [-0.4, -0.2) is 37.0 Å². The van der Waals surface area contributed by atoms with Crippen molar-refractivity contribution in [1.82, 2.24) is 10.2 Å². The van der Waals surface area contributed by atoms with E-state index < -0.39 is 0 Å². The minimum atomic E-state index is -0.169. The quantitative estimate of drug-likeness (QED) is 0.725. The van der Waals surface area contributed by atoms with Gasteiger partial charge in [0, 0.05) is 11.6 Å². The standard InChI is InChI=1S/C18H20BrClN2O3/c19-14-10-13(20)5-6-16(14)25-12-18(23)21-11-15(17-4-3-9-24-17)22-7-1-2-8-22/h3-6,9-10,15H,1-2,7-8,11-12H2,(H,21,23)/t15-/m0/s1. The smallest absolute Gasteiger partial charge is 0.258 e. The number of ether oxygens (including phenoxy) is 1. The Morgan fingerprint density at radius 3 is 2.84 bits per heavy atom. The highest BCUT2D eigenvalue weighted by atomic mass is 79.9. The maximum Gasteiger partial charge on any atom is 0.258 e. The molecule has 0 saturated carbocycles. The molecule has 1 saturated heterocycles. The molecule has 1 amide bonds. The van der Waals surface area contributed by atoms with Crippen LogP contribution in [-0.2, 0) is 4.79 Å². The van der Waals surface area contributed by atoms with Gasteiger partial charge in [0.25, 0.3) is 5.91 Å². The first-order valence-electron chi connectivity index (χ1n) is 8.25. The van der Waals surface area contributed by atoms with E-state index in [9.17, 15) is 4.79 Å². The predicted octanol–water partition coefficient (Wildman–Crippen LogP) is 4.03. The van der Waals surface area contributed by atoms with Gasteiger partial charge in [0.15, 0.2) is 6.61 Å². The Labute approximate surface area is 160 Å². The fourth-order valence-electron chi connectivity index (χ4n) is 2.94. The van der Waals surface area contributed by atoms with Crippen LogP contribution >= 0.6 is 27.5 Å². The van der Waals surface area contributed by atoms with Crippen LogP contribution in [0.5, 0.6) is 5.75 Å². The summed E-state index contributed by atoms with van der Waals surface area (Å²) < 4.78 is 11.8. The highest BCUT2D eigenvalue weighted by Gasteiger charge is 2.25. The van der Waals surface area contributed by atoms with Gasteiger partial charge in [-0.1, -0.05) is 11.6 Å². The lowest BCUT2D eigenvalue weighted by molar-refractivity contribution is -0.123. The van der Waals surface area contributed by atoms with Gasteiger partial charge < -0.3 is 14.5 Å². The summed E-state index contributed by atoms with van der Waals surface area (Å²) in [5.41, 5.74) is 0. The lowest BCUT2D eigenvalue weighted by Crippen LogP contribution is -2.38. The summed E-state index contributed by atoms with van der Waals surface area (Å²) in [5, 5.41) is 3.55. The van der Waals surface area contributed by atoms with E-state index >= 15 is 0 Å². The average molecular weight is 428 g/mol. The fraction of sp³-hybridized carbons (Fsp3) is 0.389. The summed E-state index contributed by atoms with van der Waals surface area (Å²) in [6, 6.07) is 9.08. The third-order valence-electron chi connectivity index (χ3n) is 4.20. The van der Waals surface area contributed by atoms with E-state index in [0.717, 1.165) is 23.3 Å². The van der Waals surface area contributed by atoms with E-state index in [0.29, 0.717) is 17.3 Å². The minimum absolute atomic E-state index is 0.0505. The lowest BCUT2D eigenvalue weighted by atomic mass is 10.2. The molecule has 0 bridgehead atoms. The van der Waals surface area contributed by atoms with Crippen molar-refractivity contribution in [2.24, 2.45) is 0 Å². The van der Waals surface area contributed by atoms with Gasteiger partial charge in [-0.05, 0) is 72.2 Å². The molecular weight excluding hydrogens is 408 g/mol. The number of rotatable bonds is 7. The Morgan fingerprint density at radius 1 is 1.36 bits per heavy atom. The van der Waals surface area contributed by atoms with Crippen molar-refractivity contribution in [2.45, 2.75) is 18.9 Å². The van der Waals surface area contributed by atoms with Crippen LogP contribution < -0.4 is 10.1 Å². The SMILES string of the molecule is O=C(COc1ccc(Cl)cc1Br)NC[C@@H](c1ccco1)N1CCCC1. The van der Waals surface area contributed by atoms with Crippen LogP contribution in [0.2, 0.25) is 5.02 Å². The van der Waals surface area contributed by atoms with Crippen molar-refractivity contribution in [3.05, 3.63) is 51.9 Å². The zero-order valence-corrected chi connectivity index (χ0v) is 16.1. The molecule has 2 heterocycles. The molecule has 25 heavy (non-hydrogen) atoms. The fourth-order valence-corrected chi connectivity index (χ4v) is 3.74. The normalized spacial score (nSPS) is 15.9. The number of halogens is 2. The third kappa shape index (κ3) is 5.00. The van der Waals surface area contributed by atoms with Gasteiger partial charge >= 0.3 is 0 Å². The average Bonchev–Trinajstić information content (AvgIpc) is 3.28. The van der Waals surface area contributed by atoms with Gasteiger partial charge in [-0.15, -0.1) is 0 Å². The second-order valence-corrected chi connectivity index (χ2v) is 7.23. The van der Waals surface area contributed by atoms with Gasteiger partial charge in [0.1, 0.15) is 11.5 Å². The summed E-state index contributed by atoms with van der Waals surface area (Å²) in [6.45, 7) is 2.49. The summed E-state index contributed by atoms with van der Waals surface area (Å²) in [5.74, 6) is 1.29. The highest BCUT2D eigenvalue weighted by molar-refractivity contribution is 9.10. The van der Waals surface area contributed by atoms with Crippen molar-refractivity contribution >= 4 is 33.4 Å². The van der Waals surface area contributed by atoms with Gasteiger partial charge in [-0.3, -0.25) is 9.69 Å². The Bertz CT molecular complexity index is 702. The van der Waals surface area contributed by atoms with Crippen LogP contribution in [0, 0.1) is 0 Å². The molecule has 0 radical (unpaired) electrons. The third-order valence-corrected chi connectivity index (χ3v) is 5.05. The molecule has 134 valence electrons. The van der Waals surface area contributed by atoms with E-state index in [1.807, 2.05) is 12.1 Å². The van der Waals surface area contributed by atoms with Crippen molar-refractivity contribution in [3.63, 3.8) is 0 Å². The van der Waals surface area contributed by atoms with Crippen molar-refractivity contribution in [1.29, 1.82) is 0 Å². The first-order chi connectivity index (χ1) is 12.1. The minimum Gasteiger partial charge on any atom is -0.483 e. The molecule has 0 spiro atoms. The topological polar surface area (TPSA) is 54.7 Å². The van der Waals surface area contributed by atoms with Crippen LogP contribution in [0.1, 0.15) is 24.6 Å². The van der Waals surface area contributed by atoms with E-state index in [1.165, 1.54) is 12.8 Å². The largest absolute Gasteiger partial charge is 0.483 e. The Hall–Kier alpha value is -1.50. The zero-order chi connectivity index (χ0) is 17.6. The number of likely N-dealkylation sites (tertiary alicyclic amines) is 1. The van der Waals surface area contributed by atoms with Crippen molar-refractivity contribution in [2.75, 3.05) is 26.2 Å². The molecule has 1 aliphatic rings. The molecule has 7 heteroatoms. The number of benzene rings is 1. The lowest BCUT2D eigenvalue weighted by Gasteiger charge is -2.26. The molecule has 3 rings (SSSR count). The number of furan rings is 1. The molecule has 1 N–H and O–H groups in total. The molecule has 1 aliphatic heterocycles. The van der Waals surface area contributed by atoms with Gasteiger partial charge in [-0.25, -0.2) is 0 Å². The maximum atomic E-state index is 12.2. The Kier molecular flexibility index (Phi) is 6.39. The summed E-state index contributed by atoms with van der Waals surface area (Å²) in [6.07, 6.45) is 4.03. The zero-order valence-electron chi connectivity index (χ0n) is 13.7. The molecule has 5 nitrogen and oxygen atoms in total. The molecular formula is C18H20BrClN2O3. The maximum absolute atomic E-state index is 12.2. The van der Waals surface area contributed by atoms with Crippen molar-refractivity contribution in [3.8, 4) is 5.75 Å². The molecule has 1 aromatic heterocycles. The molecule has 0 aliphatic carbocycles. The summed E-state index contributed by atoms with van der Waals surface area (Å²) in [4.78, 5) is 14.5. The number of nitrogens with one attached hydrogen (secondary N) is 1. The van der Waals surface area contributed by atoms with E-state index in [-0.39, 0.29) is 18.6 Å². The van der Waals surface area contributed by atoms with Crippen LogP contribution in [0.25, 0.3) is 0 Å². The second kappa shape index (κ2) is 8.74. The number of carbonyl (C=O) groups is 1. The number of hydrogen-bond donors (Lipinski definition) is 1. The van der Waals surface area contributed by atoms with E-state index in [4.69, 9.17) is 20.8 Å². The molecule has 0 unspecified atom stereocenters. The van der Waals surface area contributed by atoms with Crippen LogP contribution in [0.3, 0.4) is 0 Å². The first-order valence-corrected chi connectivity index (χ1v) is 9.42. The van der Waals surface area contributed by atoms with Gasteiger partial charge in [0.05, 0.1) is 16.8 Å². The van der Waals surface area contributed by atoms with E-state index in [1.54, 1.807) is 24.5 Å². The Morgan fingerprint density at radius 2 is 2.16 bits per heavy atom. The molecule has 2 aromatic rings. The van der Waals surface area contributed by atoms with Gasteiger partial charge in [-0.2, -0.15) is 0 Å². The van der Waals surface area contributed by atoms with Gasteiger partial charge in [0.2, 0.25) is 0 Å². The monoisotopic (exact) mass is 426 g/mol. The summed E-state index contributed by atoms with van der Waals surface area (Å²) in [7, 11) is 0.